The number of carbonyl (C=O) groups excluding carboxylic acids is 1. The summed E-state index contributed by atoms with van der Waals surface area (Å²) in [5.74, 6) is 1.48. The number of sulfonamides is 1. The molecule has 9 heteroatoms. The molecule has 1 aromatic heterocycles. The van der Waals surface area contributed by atoms with E-state index in [0.717, 1.165) is 22.7 Å². The van der Waals surface area contributed by atoms with Gasteiger partial charge in [-0.3, -0.25) is 4.79 Å². The number of benzene rings is 2. The Balaban J connectivity index is 1.71. The molecule has 0 saturated heterocycles. The number of hydrogen-bond acceptors (Lipinski definition) is 5. The van der Waals surface area contributed by atoms with E-state index in [4.69, 9.17) is 4.74 Å². The Morgan fingerprint density at radius 1 is 1.09 bits per heavy atom. The Bertz CT molecular complexity index is 1200. The van der Waals surface area contributed by atoms with Gasteiger partial charge in [0.05, 0.1) is 23.0 Å². The van der Waals surface area contributed by atoms with Crippen molar-refractivity contribution in [1.82, 2.24) is 19.2 Å². The number of nitrogens with zero attached hydrogens (tertiary/aromatic N) is 3. The van der Waals surface area contributed by atoms with Crippen molar-refractivity contribution >= 4 is 27.0 Å². The maximum atomic E-state index is 12.9. The monoisotopic (exact) mass is 472 g/mol. The smallest absolute Gasteiger partial charge is 0.243 e. The molecule has 0 fully saturated rings. The Hall–Kier alpha value is -2.91. The van der Waals surface area contributed by atoms with Gasteiger partial charge in [0.15, 0.2) is 0 Å². The van der Waals surface area contributed by atoms with Crippen LogP contribution in [0.5, 0.6) is 5.75 Å². The number of carbonyl (C=O) groups is 1. The van der Waals surface area contributed by atoms with Gasteiger partial charge in [0, 0.05) is 39.0 Å². The topological polar surface area (TPSA) is 93.5 Å². The number of aromatic nitrogens is 2. The quantitative estimate of drug-likeness (QED) is 0.462. The predicted molar refractivity (Wildman–Crippen MR) is 129 cm³/mol. The van der Waals surface area contributed by atoms with Crippen LogP contribution < -0.4 is 10.1 Å². The zero-order chi connectivity index (χ0) is 24.0. The van der Waals surface area contributed by atoms with Gasteiger partial charge in [0.2, 0.25) is 15.9 Å². The molecule has 3 aromatic rings. The van der Waals surface area contributed by atoms with Gasteiger partial charge in [-0.1, -0.05) is 26.0 Å². The van der Waals surface area contributed by atoms with Crippen LogP contribution in [0, 0.1) is 0 Å². The first kappa shape index (κ1) is 24.7. The minimum Gasteiger partial charge on any atom is -0.497 e. The average Bonchev–Trinajstić information content (AvgIpc) is 3.19. The van der Waals surface area contributed by atoms with Crippen LogP contribution in [0.3, 0.4) is 0 Å². The van der Waals surface area contributed by atoms with E-state index in [1.807, 2.05) is 49.6 Å². The normalized spacial score (nSPS) is 11.8. The molecular weight excluding hydrogens is 440 g/mol. The van der Waals surface area contributed by atoms with E-state index in [0.29, 0.717) is 44.5 Å². The lowest BCUT2D eigenvalue weighted by atomic mass is 10.2. The summed E-state index contributed by atoms with van der Waals surface area (Å²) >= 11 is 0. The summed E-state index contributed by atoms with van der Waals surface area (Å²) in [6.45, 7) is 7.61. The Morgan fingerprint density at radius 3 is 2.39 bits per heavy atom. The molecule has 1 heterocycles. The van der Waals surface area contributed by atoms with Crippen LogP contribution in [-0.2, 0) is 34.3 Å². The highest BCUT2D eigenvalue weighted by molar-refractivity contribution is 7.89. The third-order valence-electron chi connectivity index (χ3n) is 5.68. The van der Waals surface area contributed by atoms with Crippen LogP contribution in [0.4, 0.5) is 0 Å². The summed E-state index contributed by atoms with van der Waals surface area (Å²) in [5.41, 5.74) is 2.48. The van der Waals surface area contributed by atoms with Gasteiger partial charge in [-0.15, -0.1) is 0 Å². The first-order valence-corrected chi connectivity index (χ1v) is 12.7. The molecule has 0 aliphatic rings. The molecule has 1 N–H and O–H groups in total. The van der Waals surface area contributed by atoms with Crippen molar-refractivity contribution in [3.63, 3.8) is 0 Å². The number of amides is 1. The SMILES string of the molecule is CCN(CC)S(=O)(=O)c1ccc2c(c1)nc(CCC(=O)NCc1ccc(OC)cc1)n2CC. The van der Waals surface area contributed by atoms with E-state index in [1.54, 1.807) is 25.3 Å². The number of fused-ring (bicyclic) bond motifs is 1. The summed E-state index contributed by atoms with van der Waals surface area (Å²) in [6.07, 6.45) is 0.763. The van der Waals surface area contributed by atoms with Crippen molar-refractivity contribution < 1.29 is 17.9 Å². The number of ether oxygens (including phenoxy) is 1. The first-order valence-electron chi connectivity index (χ1n) is 11.2. The van der Waals surface area contributed by atoms with E-state index in [2.05, 4.69) is 10.3 Å². The summed E-state index contributed by atoms with van der Waals surface area (Å²) in [7, 11) is -1.94. The molecule has 0 radical (unpaired) electrons. The zero-order valence-electron chi connectivity index (χ0n) is 19.7. The average molecular weight is 473 g/mol. The molecule has 2 aromatic carbocycles. The molecule has 0 bridgehead atoms. The number of rotatable bonds is 11. The minimum atomic E-state index is -3.55. The molecule has 0 saturated carbocycles. The highest BCUT2D eigenvalue weighted by atomic mass is 32.2. The third-order valence-corrected chi connectivity index (χ3v) is 7.73. The fourth-order valence-electron chi connectivity index (χ4n) is 3.83. The van der Waals surface area contributed by atoms with Crippen molar-refractivity contribution in [2.75, 3.05) is 20.2 Å². The van der Waals surface area contributed by atoms with Crippen LogP contribution in [0.25, 0.3) is 11.0 Å². The number of hydrogen-bond donors (Lipinski definition) is 1. The molecule has 0 spiro atoms. The van der Waals surface area contributed by atoms with E-state index < -0.39 is 10.0 Å². The van der Waals surface area contributed by atoms with Gasteiger partial charge < -0.3 is 14.6 Å². The molecular formula is C24H32N4O4S. The fraction of sp³-hybridized carbons (Fsp3) is 0.417. The highest BCUT2D eigenvalue weighted by Gasteiger charge is 2.23. The number of aryl methyl sites for hydroxylation is 2. The molecule has 8 nitrogen and oxygen atoms in total. The molecule has 178 valence electrons. The Morgan fingerprint density at radius 2 is 1.79 bits per heavy atom. The lowest BCUT2D eigenvalue weighted by molar-refractivity contribution is -0.121. The number of nitrogens with one attached hydrogen (secondary N) is 1. The second-order valence-electron chi connectivity index (χ2n) is 7.64. The molecule has 3 rings (SSSR count). The third kappa shape index (κ3) is 5.54. The summed E-state index contributed by atoms with van der Waals surface area (Å²) in [4.78, 5) is 17.3. The minimum absolute atomic E-state index is 0.0645. The predicted octanol–water partition coefficient (Wildman–Crippen LogP) is 3.34. The van der Waals surface area contributed by atoms with Crippen molar-refractivity contribution in [3.05, 3.63) is 53.9 Å². The standard InChI is InChI=1S/C24H32N4O4S/c1-5-27(6-2)33(30,31)20-12-13-22-21(16-20)26-23(28(22)7-3)14-15-24(29)25-17-18-8-10-19(32-4)11-9-18/h8-13,16H,5-7,14-15,17H2,1-4H3,(H,25,29). The van der Waals surface area contributed by atoms with Gasteiger partial charge >= 0.3 is 0 Å². The maximum absolute atomic E-state index is 12.9. The zero-order valence-corrected chi connectivity index (χ0v) is 20.5. The van der Waals surface area contributed by atoms with Crippen molar-refractivity contribution in [2.24, 2.45) is 0 Å². The summed E-state index contributed by atoms with van der Waals surface area (Å²) in [5, 5.41) is 2.93. The van der Waals surface area contributed by atoms with E-state index >= 15 is 0 Å². The fourth-order valence-corrected chi connectivity index (χ4v) is 5.31. The number of imidazole rings is 1. The van der Waals surface area contributed by atoms with E-state index in [-0.39, 0.29) is 10.8 Å². The Kier molecular flexibility index (Phi) is 8.10. The van der Waals surface area contributed by atoms with Gasteiger partial charge in [-0.2, -0.15) is 4.31 Å². The van der Waals surface area contributed by atoms with E-state index in [9.17, 15) is 13.2 Å². The lowest BCUT2D eigenvalue weighted by Crippen LogP contribution is -2.30. The molecule has 0 unspecified atom stereocenters. The highest BCUT2D eigenvalue weighted by Crippen LogP contribution is 2.23. The van der Waals surface area contributed by atoms with Crippen LogP contribution in [0.15, 0.2) is 47.4 Å². The summed E-state index contributed by atoms with van der Waals surface area (Å²) in [6, 6.07) is 12.6. The summed E-state index contributed by atoms with van der Waals surface area (Å²) < 4.78 is 34.3. The second kappa shape index (κ2) is 10.8. The van der Waals surface area contributed by atoms with Gasteiger partial charge in [-0.05, 0) is 42.8 Å². The van der Waals surface area contributed by atoms with Gasteiger partial charge in [0.25, 0.3) is 0 Å². The van der Waals surface area contributed by atoms with Gasteiger partial charge in [0.1, 0.15) is 11.6 Å². The first-order chi connectivity index (χ1) is 15.8. The van der Waals surface area contributed by atoms with Crippen molar-refractivity contribution in [3.8, 4) is 5.75 Å². The maximum Gasteiger partial charge on any atom is 0.243 e. The van der Waals surface area contributed by atoms with Crippen molar-refractivity contribution in [2.45, 2.75) is 51.6 Å². The van der Waals surface area contributed by atoms with Crippen LogP contribution in [-0.4, -0.2) is 48.4 Å². The molecule has 1 amide bonds. The largest absolute Gasteiger partial charge is 0.497 e. The molecule has 0 atom stereocenters. The van der Waals surface area contributed by atoms with Crippen molar-refractivity contribution in [1.29, 1.82) is 0 Å². The molecule has 33 heavy (non-hydrogen) atoms. The molecule has 0 aliphatic carbocycles. The van der Waals surface area contributed by atoms with Crippen LogP contribution >= 0.6 is 0 Å². The number of methoxy groups -OCH3 is 1. The molecule has 0 aliphatic heterocycles. The lowest BCUT2D eigenvalue weighted by Gasteiger charge is -2.18. The van der Waals surface area contributed by atoms with Crippen LogP contribution in [0.2, 0.25) is 0 Å². The van der Waals surface area contributed by atoms with Crippen LogP contribution in [0.1, 0.15) is 38.6 Å². The van der Waals surface area contributed by atoms with Gasteiger partial charge in [-0.25, -0.2) is 13.4 Å². The Labute approximate surface area is 195 Å². The van der Waals surface area contributed by atoms with E-state index in [1.165, 1.54) is 4.31 Å². The second-order valence-corrected chi connectivity index (χ2v) is 9.57.